The zero-order chi connectivity index (χ0) is 17.2. The van der Waals surface area contributed by atoms with Gasteiger partial charge in [0.15, 0.2) is 11.8 Å². The van der Waals surface area contributed by atoms with Crippen LogP contribution in [-0.4, -0.2) is 29.1 Å². The van der Waals surface area contributed by atoms with Crippen LogP contribution in [0.4, 0.5) is 11.4 Å². The average molecular weight is 373 g/mol. The van der Waals surface area contributed by atoms with E-state index in [0.717, 1.165) is 11.3 Å². The number of hydrazone groups is 1. The molecule has 0 bridgehead atoms. The molecule has 1 amide bonds. The van der Waals surface area contributed by atoms with Gasteiger partial charge < -0.3 is 10.1 Å². The Morgan fingerprint density at radius 2 is 2.12 bits per heavy atom. The third kappa shape index (κ3) is 3.47. The number of ether oxygens (including phenoxy) is 1. The molecular formula is C17H13ClN4O2S. The molecule has 25 heavy (non-hydrogen) atoms. The lowest BCUT2D eigenvalue weighted by molar-refractivity contribution is -0.118. The van der Waals surface area contributed by atoms with Crippen molar-refractivity contribution in [3.63, 3.8) is 0 Å². The molecule has 0 fully saturated rings. The van der Waals surface area contributed by atoms with Crippen molar-refractivity contribution in [1.82, 2.24) is 5.43 Å². The van der Waals surface area contributed by atoms with Gasteiger partial charge in [-0.2, -0.15) is 5.10 Å². The quantitative estimate of drug-likeness (QED) is 0.847. The third-order valence-corrected chi connectivity index (χ3v) is 4.85. The Hall–Kier alpha value is -2.51. The van der Waals surface area contributed by atoms with Crippen LogP contribution in [0.2, 0.25) is 5.02 Å². The van der Waals surface area contributed by atoms with Gasteiger partial charge in [0.25, 0.3) is 5.91 Å². The summed E-state index contributed by atoms with van der Waals surface area (Å²) in [5.41, 5.74) is 6.10. The second-order valence-electron chi connectivity index (χ2n) is 5.38. The second-order valence-corrected chi connectivity index (χ2v) is 6.75. The minimum Gasteiger partial charge on any atom is -0.482 e. The fourth-order valence-electron chi connectivity index (χ4n) is 2.44. The van der Waals surface area contributed by atoms with Crippen molar-refractivity contribution in [2.24, 2.45) is 10.1 Å². The van der Waals surface area contributed by atoms with Crippen LogP contribution >= 0.6 is 23.4 Å². The van der Waals surface area contributed by atoms with Crippen LogP contribution in [0.25, 0.3) is 0 Å². The summed E-state index contributed by atoms with van der Waals surface area (Å²) in [6.45, 7) is 0.0482. The summed E-state index contributed by atoms with van der Waals surface area (Å²) in [6.07, 6.45) is 0. The van der Waals surface area contributed by atoms with E-state index in [-0.39, 0.29) is 12.5 Å². The van der Waals surface area contributed by atoms with Crippen molar-refractivity contribution in [2.75, 3.05) is 17.7 Å². The van der Waals surface area contributed by atoms with E-state index in [1.165, 1.54) is 11.8 Å². The van der Waals surface area contributed by atoms with Gasteiger partial charge in [-0.15, -0.1) is 0 Å². The first-order valence-electron chi connectivity index (χ1n) is 7.55. The number of amidine groups is 1. The van der Waals surface area contributed by atoms with E-state index in [1.807, 2.05) is 36.4 Å². The van der Waals surface area contributed by atoms with Gasteiger partial charge in [-0.05, 0) is 30.3 Å². The van der Waals surface area contributed by atoms with E-state index in [2.05, 4.69) is 20.8 Å². The van der Waals surface area contributed by atoms with E-state index in [9.17, 15) is 4.79 Å². The number of hydrogen-bond acceptors (Lipinski definition) is 5. The first-order valence-corrected chi connectivity index (χ1v) is 8.91. The maximum absolute atomic E-state index is 11.4. The van der Waals surface area contributed by atoms with Crippen LogP contribution in [-0.2, 0) is 4.79 Å². The van der Waals surface area contributed by atoms with Crippen molar-refractivity contribution >= 4 is 51.5 Å². The number of thioether (sulfide) groups is 1. The summed E-state index contributed by atoms with van der Waals surface area (Å²) in [6, 6.07) is 13.0. The average Bonchev–Trinajstić information content (AvgIpc) is 2.64. The number of benzene rings is 2. The molecule has 2 aromatic carbocycles. The Morgan fingerprint density at radius 3 is 2.92 bits per heavy atom. The lowest BCUT2D eigenvalue weighted by atomic mass is 10.1. The zero-order valence-corrected chi connectivity index (χ0v) is 14.5. The van der Waals surface area contributed by atoms with Crippen molar-refractivity contribution < 1.29 is 9.53 Å². The second kappa shape index (κ2) is 6.78. The number of fused-ring (bicyclic) bond motifs is 1. The van der Waals surface area contributed by atoms with Crippen LogP contribution in [0.3, 0.4) is 0 Å². The summed E-state index contributed by atoms with van der Waals surface area (Å²) >= 11 is 7.66. The van der Waals surface area contributed by atoms with E-state index in [1.54, 1.807) is 6.07 Å². The molecule has 0 saturated carbocycles. The lowest BCUT2D eigenvalue weighted by Gasteiger charge is -2.20. The summed E-state index contributed by atoms with van der Waals surface area (Å²) < 4.78 is 5.37. The number of para-hydroxylation sites is 1. The zero-order valence-electron chi connectivity index (χ0n) is 13.0. The molecule has 2 aliphatic heterocycles. The highest BCUT2D eigenvalue weighted by Crippen LogP contribution is 2.30. The molecule has 2 aromatic rings. The topological polar surface area (TPSA) is 75.1 Å². The number of carbonyl (C=O) groups is 1. The van der Waals surface area contributed by atoms with Crippen LogP contribution < -0.4 is 15.5 Å². The summed E-state index contributed by atoms with van der Waals surface area (Å²) in [4.78, 5) is 15.9. The molecule has 4 rings (SSSR count). The Morgan fingerprint density at radius 1 is 1.24 bits per heavy atom. The summed E-state index contributed by atoms with van der Waals surface area (Å²) in [5, 5.41) is 8.48. The van der Waals surface area contributed by atoms with Gasteiger partial charge in [-0.25, -0.2) is 4.99 Å². The largest absolute Gasteiger partial charge is 0.482 e. The monoisotopic (exact) mass is 372 g/mol. The Bertz CT molecular complexity index is 913. The Labute approximate surface area is 153 Å². The third-order valence-electron chi connectivity index (χ3n) is 3.65. The fourth-order valence-corrected chi connectivity index (χ4v) is 3.39. The summed E-state index contributed by atoms with van der Waals surface area (Å²) in [7, 11) is 0. The molecule has 2 aliphatic rings. The predicted octanol–water partition coefficient (Wildman–Crippen LogP) is 3.40. The summed E-state index contributed by atoms with van der Waals surface area (Å²) in [5.74, 6) is 1.17. The molecule has 6 nitrogen and oxygen atoms in total. The van der Waals surface area contributed by atoms with Gasteiger partial charge >= 0.3 is 0 Å². The molecule has 0 unspecified atom stereocenters. The normalized spacial score (nSPS) is 17.9. The standard InChI is InChI=1S/C17H13ClN4O2S/c18-11-3-1-2-4-12(11)20-17-22-21-14(9-25-17)10-5-6-15-13(7-10)19-16(23)8-24-15/h1-7H,8-9H2,(H,19,23)(H,20,22). The molecule has 8 heteroatoms. The number of nitrogens with one attached hydrogen (secondary N) is 2. The molecule has 2 heterocycles. The predicted molar refractivity (Wildman–Crippen MR) is 101 cm³/mol. The van der Waals surface area contributed by atoms with Gasteiger partial charge in [0.05, 0.1) is 22.1 Å². The fraction of sp³-hybridized carbons (Fsp3) is 0.118. The van der Waals surface area contributed by atoms with Crippen LogP contribution in [0.15, 0.2) is 52.6 Å². The molecule has 126 valence electrons. The number of nitrogens with zero attached hydrogens (tertiary/aromatic N) is 2. The molecule has 0 atom stereocenters. The van der Waals surface area contributed by atoms with E-state index in [0.29, 0.717) is 33.1 Å². The van der Waals surface area contributed by atoms with E-state index < -0.39 is 0 Å². The van der Waals surface area contributed by atoms with Crippen molar-refractivity contribution in [2.45, 2.75) is 0 Å². The maximum atomic E-state index is 11.4. The number of hydrogen-bond donors (Lipinski definition) is 2. The minimum absolute atomic E-state index is 0.0482. The Balaban J connectivity index is 1.54. The van der Waals surface area contributed by atoms with E-state index >= 15 is 0 Å². The first kappa shape index (κ1) is 16.0. The molecule has 0 spiro atoms. The van der Waals surface area contributed by atoms with Gasteiger partial charge in [-0.3, -0.25) is 10.2 Å². The Kier molecular flexibility index (Phi) is 4.33. The number of anilines is 1. The minimum atomic E-state index is -0.156. The van der Waals surface area contributed by atoms with Gasteiger partial charge in [0.1, 0.15) is 5.75 Å². The first-order chi connectivity index (χ1) is 12.2. The number of amides is 1. The highest BCUT2D eigenvalue weighted by atomic mass is 35.5. The smallest absolute Gasteiger partial charge is 0.262 e. The highest BCUT2D eigenvalue weighted by Gasteiger charge is 2.19. The van der Waals surface area contributed by atoms with Crippen molar-refractivity contribution in [1.29, 1.82) is 0 Å². The van der Waals surface area contributed by atoms with Crippen LogP contribution in [0.5, 0.6) is 5.75 Å². The molecule has 0 aromatic heterocycles. The van der Waals surface area contributed by atoms with Gasteiger partial charge in [-0.1, -0.05) is 35.5 Å². The molecule has 2 N–H and O–H groups in total. The molecular weight excluding hydrogens is 360 g/mol. The van der Waals surface area contributed by atoms with Crippen molar-refractivity contribution in [3.05, 3.63) is 53.1 Å². The van der Waals surface area contributed by atoms with E-state index in [4.69, 9.17) is 16.3 Å². The number of halogens is 1. The number of rotatable bonds is 2. The molecule has 0 aliphatic carbocycles. The number of carbonyl (C=O) groups excluding carboxylic acids is 1. The van der Waals surface area contributed by atoms with Crippen molar-refractivity contribution in [3.8, 4) is 5.75 Å². The molecule has 0 radical (unpaired) electrons. The SMILES string of the molecule is O=C1COc2ccc(C3=NNC(=Nc4ccccc4Cl)SC3)cc2N1. The van der Waals surface area contributed by atoms with Gasteiger partial charge in [0, 0.05) is 11.3 Å². The lowest BCUT2D eigenvalue weighted by Crippen LogP contribution is -2.27. The van der Waals surface area contributed by atoms with Gasteiger partial charge in [0.2, 0.25) is 0 Å². The highest BCUT2D eigenvalue weighted by molar-refractivity contribution is 8.14. The van der Waals surface area contributed by atoms with Crippen LogP contribution in [0.1, 0.15) is 5.56 Å². The number of aliphatic imine (C=N–C) groups is 1. The maximum Gasteiger partial charge on any atom is 0.262 e. The van der Waals surface area contributed by atoms with Crippen LogP contribution in [0, 0.1) is 0 Å². The molecule has 0 saturated heterocycles.